The van der Waals surface area contributed by atoms with Gasteiger partial charge in [0, 0.05) is 11.5 Å². The minimum Gasteiger partial charge on any atom is -0.548 e. The number of amides is 1. The van der Waals surface area contributed by atoms with E-state index in [9.17, 15) is 24.6 Å². The molecule has 0 spiro atoms. The van der Waals surface area contributed by atoms with Gasteiger partial charge in [-0.3, -0.25) is 4.79 Å². The second-order valence-corrected chi connectivity index (χ2v) is 7.14. The Kier molecular flexibility index (Phi) is 11.9. The van der Waals surface area contributed by atoms with E-state index in [1.165, 1.54) is 0 Å². The predicted molar refractivity (Wildman–Crippen MR) is 111 cm³/mol. The van der Waals surface area contributed by atoms with E-state index >= 15 is 0 Å². The molecule has 0 aliphatic carbocycles. The van der Waals surface area contributed by atoms with Gasteiger partial charge in [-0.25, -0.2) is 0 Å². The molecule has 3 rings (SSSR count). The monoisotopic (exact) mass is 459 g/mol. The van der Waals surface area contributed by atoms with Crippen LogP contribution in [0.2, 0.25) is 0 Å². The Morgan fingerprint density at radius 2 is 1.55 bits per heavy atom. The van der Waals surface area contributed by atoms with Gasteiger partial charge < -0.3 is 24.7 Å². The van der Waals surface area contributed by atoms with Crippen molar-refractivity contribution in [1.29, 1.82) is 0 Å². The van der Waals surface area contributed by atoms with Gasteiger partial charge in [0.2, 0.25) is 0 Å². The minimum absolute atomic E-state index is 0. The molecule has 3 aromatic rings. The SMILES string of the molecule is Cc1ccc(CC(C(=O)[O-])N(CC(=O)[O-])C(=O)C#Cc2ccc3ccccc3c2)cc1.[Na+].[Na+]. The summed E-state index contributed by atoms with van der Waals surface area (Å²) in [7, 11) is 0. The van der Waals surface area contributed by atoms with Crippen LogP contribution in [0.15, 0.2) is 66.7 Å². The number of carbonyl (C=O) groups excluding carboxylic acids is 3. The van der Waals surface area contributed by atoms with E-state index in [0.717, 1.165) is 16.3 Å². The molecule has 8 heteroatoms. The van der Waals surface area contributed by atoms with Gasteiger partial charge in [-0.05, 0) is 41.8 Å². The second kappa shape index (κ2) is 13.6. The van der Waals surface area contributed by atoms with Crippen LogP contribution in [0.3, 0.4) is 0 Å². The first-order valence-electron chi connectivity index (χ1n) is 9.61. The summed E-state index contributed by atoms with van der Waals surface area (Å²) in [5, 5.41) is 24.9. The van der Waals surface area contributed by atoms with Crippen molar-refractivity contribution in [3.05, 3.63) is 83.4 Å². The molecule has 0 fully saturated rings. The average Bonchev–Trinajstić information content (AvgIpc) is 2.75. The number of carbonyl (C=O) groups is 3. The molecule has 1 amide bonds. The van der Waals surface area contributed by atoms with E-state index < -0.39 is 30.4 Å². The van der Waals surface area contributed by atoms with Crippen molar-refractivity contribution < 1.29 is 83.7 Å². The van der Waals surface area contributed by atoms with Gasteiger partial charge in [0.05, 0.1) is 24.5 Å². The molecule has 1 atom stereocenters. The maximum Gasteiger partial charge on any atom is 1.00 e. The van der Waals surface area contributed by atoms with Crippen molar-refractivity contribution in [2.45, 2.75) is 19.4 Å². The van der Waals surface area contributed by atoms with Crippen molar-refractivity contribution in [2.75, 3.05) is 6.54 Å². The summed E-state index contributed by atoms with van der Waals surface area (Å²) < 4.78 is 0. The molecular formula is C25H19NNa2O5. The predicted octanol–water partition coefficient (Wildman–Crippen LogP) is -5.55. The van der Waals surface area contributed by atoms with Crippen molar-refractivity contribution in [3.8, 4) is 11.8 Å². The molecule has 0 aliphatic rings. The van der Waals surface area contributed by atoms with Crippen molar-refractivity contribution in [1.82, 2.24) is 4.90 Å². The van der Waals surface area contributed by atoms with Crippen molar-refractivity contribution >= 4 is 28.6 Å². The standard InChI is InChI=1S/C25H21NO5.2Na/c1-17-6-8-19(9-7-17)15-22(25(30)31)26(16-24(28)29)23(27)13-11-18-10-12-20-4-2-3-5-21(20)14-18;;/h2-10,12,14,22H,15-16H2,1H3,(H,28,29)(H,30,31);;/q;2*+1/p-2. The first-order chi connectivity index (χ1) is 14.8. The molecule has 0 N–H and O–H groups in total. The fraction of sp³-hybridized carbons (Fsp3) is 0.160. The Balaban J connectivity index is 0.00000272. The van der Waals surface area contributed by atoms with Crippen LogP contribution in [0.25, 0.3) is 10.8 Å². The largest absolute Gasteiger partial charge is 1.00 e. The van der Waals surface area contributed by atoms with Gasteiger partial charge >= 0.3 is 59.1 Å². The summed E-state index contributed by atoms with van der Waals surface area (Å²) in [6.45, 7) is 0.976. The molecule has 0 heterocycles. The Hall–Kier alpha value is -2.11. The second-order valence-electron chi connectivity index (χ2n) is 7.14. The summed E-state index contributed by atoms with van der Waals surface area (Å²) in [4.78, 5) is 36.3. The zero-order valence-electron chi connectivity index (χ0n) is 18.8. The molecule has 1 unspecified atom stereocenters. The van der Waals surface area contributed by atoms with Crippen LogP contribution in [0.4, 0.5) is 0 Å². The number of carboxylic acids is 2. The molecule has 0 radical (unpaired) electrons. The molecule has 0 aromatic heterocycles. The number of carboxylic acid groups (broad SMARTS) is 2. The van der Waals surface area contributed by atoms with Crippen LogP contribution in [0.5, 0.6) is 0 Å². The first kappa shape index (κ1) is 28.9. The summed E-state index contributed by atoms with van der Waals surface area (Å²) in [6, 6.07) is 18.5. The number of rotatable bonds is 6. The van der Waals surface area contributed by atoms with Gasteiger partial charge in [-0.2, -0.15) is 0 Å². The maximum atomic E-state index is 12.7. The summed E-state index contributed by atoms with van der Waals surface area (Å²) in [5.74, 6) is 0.956. The minimum atomic E-state index is -1.59. The Labute approximate surface area is 236 Å². The molecule has 156 valence electrons. The van der Waals surface area contributed by atoms with Crippen LogP contribution in [0.1, 0.15) is 16.7 Å². The number of benzene rings is 3. The van der Waals surface area contributed by atoms with Crippen LogP contribution >= 0.6 is 0 Å². The van der Waals surface area contributed by atoms with E-state index in [-0.39, 0.29) is 65.5 Å². The van der Waals surface area contributed by atoms with Crippen molar-refractivity contribution in [2.24, 2.45) is 0 Å². The number of hydrogen-bond acceptors (Lipinski definition) is 5. The zero-order valence-corrected chi connectivity index (χ0v) is 22.8. The van der Waals surface area contributed by atoms with Gasteiger partial charge in [0.15, 0.2) is 0 Å². The van der Waals surface area contributed by atoms with Gasteiger partial charge in [-0.1, -0.05) is 66.1 Å². The van der Waals surface area contributed by atoms with Crippen LogP contribution < -0.4 is 69.3 Å². The van der Waals surface area contributed by atoms with Gasteiger partial charge in [0.25, 0.3) is 5.91 Å². The maximum absolute atomic E-state index is 12.7. The van der Waals surface area contributed by atoms with Gasteiger partial charge in [-0.15, -0.1) is 0 Å². The zero-order chi connectivity index (χ0) is 22.4. The molecular weight excluding hydrogens is 440 g/mol. The fourth-order valence-electron chi connectivity index (χ4n) is 3.20. The number of aliphatic carboxylic acids is 2. The molecule has 0 saturated carbocycles. The number of nitrogens with zero attached hydrogens (tertiary/aromatic N) is 1. The van der Waals surface area contributed by atoms with E-state index in [2.05, 4.69) is 11.8 Å². The fourth-order valence-corrected chi connectivity index (χ4v) is 3.20. The third-order valence-electron chi connectivity index (χ3n) is 4.82. The Morgan fingerprint density at radius 3 is 2.15 bits per heavy atom. The Morgan fingerprint density at radius 1 is 0.909 bits per heavy atom. The summed E-state index contributed by atoms with van der Waals surface area (Å²) >= 11 is 0. The van der Waals surface area contributed by atoms with E-state index in [4.69, 9.17) is 0 Å². The number of aryl methyl sites for hydroxylation is 1. The third-order valence-corrected chi connectivity index (χ3v) is 4.82. The number of fused-ring (bicyclic) bond motifs is 1. The smallest absolute Gasteiger partial charge is 0.548 e. The van der Waals surface area contributed by atoms with E-state index in [1.54, 1.807) is 36.4 Å². The van der Waals surface area contributed by atoms with Crippen LogP contribution in [-0.4, -0.2) is 35.3 Å². The summed E-state index contributed by atoms with van der Waals surface area (Å²) in [5.41, 5.74) is 2.15. The molecule has 0 aliphatic heterocycles. The topological polar surface area (TPSA) is 101 Å². The molecule has 3 aromatic carbocycles. The van der Waals surface area contributed by atoms with E-state index in [1.807, 2.05) is 37.3 Å². The molecule has 6 nitrogen and oxygen atoms in total. The molecule has 33 heavy (non-hydrogen) atoms. The Bertz CT molecular complexity index is 1200. The molecule has 0 bridgehead atoms. The third kappa shape index (κ3) is 8.31. The van der Waals surface area contributed by atoms with Crippen LogP contribution in [0, 0.1) is 18.8 Å². The first-order valence-corrected chi connectivity index (χ1v) is 9.61. The van der Waals surface area contributed by atoms with E-state index in [0.29, 0.717) is 16.0 Å². The average molecular weight is 459 g/mol. The summed E-state index contributed by atoms with van der Waals surface area (Å²) in [6.07, 6.45) is -0.112. The molecule has 0 saturated heterocycles. The van der Waals surface area contributed by atoms with Crippen LogP contribution in [-0.2, 0) is 20.8 Å². The van der Waals surface area contributed by atoms with Crippen molar-refractivity contribution in [3.63, 3.8) is 0 Å². The number of hydrogen-bond donors (Lipinski definition) is 0. The quantitative estimate of drug-likeness (QED) is 0.271. The van der Waals surface area contributed by atoms with Gasteiger partial charge in [0.1, 0.15) is 0 Å². The normalized spacial score (nSPS) is 10.6.